The van der Waals surface area contributed by atoms with Crippen LogP contribution in [0.1, 0.15) is 37.8 Å². The molecule has 2 heterocycles. The highest BCUT2D eigenvalue weighted by atomic mass is 19.1. The minimum absolute atomic E-state index is 0.0923. The maximum absolute atomic E-state index is 13.5. The number of piperidine rings is 1. The minimum Gasteiger partial charge on any atom is -0.322 e. The van der Waals surface area contributed by atoms with E-state index in [0.717, 1.165) is 18.8 Å². The Morgan fingerprint density at radius 3 is 2.68 bits per heavy atom. The molecule has 0 spiro atoms. The largest absolute Gasteiger partial charge is 0.322 e. The second-order valence-electron chi connectivity index (χ2n) is 8.98. The van der Waals surface area contributed by atoms with Gasteiger partial charge in [-0.3, -0.25) is 9.69 Å². The molecule has 9 heteroatoms. The topological polar surface area (TPSA) is 102 Å². The monoisotopic (exact) mass is 431 g/mol. The van der Waals surface area contributed by atoms with Gasteiger partial charge in [0.1, 0.15) is 24.0 Å². The molecule has 4 rings (SSSR count). The lowest BCUT2D eigenvalue weighted by Gasteiger charge is -2.29. The third-order valence-corrected chi connectivity index (χ3v) is 6.73. The first-order valence-electron chi connectivity index (χ1n) is 10.7. The predicted molar refractivity (Wildman–Crippen MR) is 108 cm³/mol. The van der Waals surface area contributed by atoms with E-state index >= 15 is 0 Å². The maximum Gasteiger partial charge on any atom is 0.242 e. The number of rotatable bonds is 7. The Labute approximate surface area is 180 Å². The fourth-order valence-electron chi connectivity index (χ4n) is 5.09. The number of halogens is 2. The molecule has 7 atom stereocenters. The molecule has 166 valence electrons. The van der Waals surface area contributed by atoms with Crippen molar-refractivity contribution in [3.05, 3.63) is 35.4 Å². The lowest BCUT2D eigenvalue weighted by molar-refractivity contribution is -0.134. The molecule has 2 saturated heterocycles. The number of nitrogens with one attached hydrogen (secondary N) is 1. The van der Waals surface area contributed by atoms with Gasteiger partial charge in [0.25, 0.3) is 0 Å². The van der Waals surface area contributed by atoms with Gasteiger partial charge < -0.3 is 20.7 Å². The number of amides is 1. The second kappa shape index (κ2) is 8.61. The molecule has 31 heavy (non-hydrogen) atoms. The highest BCUT2D eigenvalue weighted by Crippen LogP contribution is 2.47. The first-order chi connectivity index (χ1) is 14.8. The number of hydrogen-bond donors (Lipinski definition) is 2. The van der Waals surface area contributed by atoms with Gasteiger partial charge >= 0.3 is 0 Å². The highest BCUT2D eigenvalue weighted by molar-refractivity contribution is 5.83. The van der Waals surface area contributed by atoms with Crippen molar-refractivity contribution in [2.75, 3.05) is 13.1 Å². The lowest BCUT2D eigenvalue weighted by Crippen LogP contribution is -2.53. The van der Waals surface area contributed by atoms with Gasteiger partial charge in [-0.2, -0.15) is 5.26 Å². The van der Waals surface area contributed by atoms with Gasteiger partial charge in [0.2, 0.25) is 5.91 Å². The standard InChI is InChI=1S/C22H27F2N5O2/c1-12(13-2-15(23)6-16(24)3-13)27-17-7-19(11-30)28(9-17)10-20(26)22(31)29-18(8-25)4-14-5-21(14)29/h2-3,6,11-12,14,17-21,27H,4-5,7,9-10,26H2,1H3/t12?,14-,17?,18?,19?,20?,21?/m1/s1. The van der Waals surface area contributed by atoms with Crippen LogP contribution in [0.15, 0.2) is 18.2 Å². The summed E-state index contributed by atoms with van der Waals surface area (Å²) in [7, 11) is 0. The fraction of sp³-hybridized carbons (Fsp3) is 0.591. The average Bonchev–Trinajstić information content (AvgIpc) is 3.22. The van der Waals surface area contributed by atoms with Crippen LogP contribution < -0.4 is 11.1 Å². The molecule has 1 aliphatic carbocycles. The molecule has 1 aromatic carbocycles. The van der Waals surface area contributed by atoms with Crippen LogP contribution >= 0.6 is 0 Å². The minimum atomic E-state index is -0.814. The molecule has 3 fully saturated rings. The van der Waals surface area contributed by atoms with E-state index in [2.05, 4.69) is 11.4 Å². The van der Waals surface area contributed by atoms with E-state index in [1.165, 1.54) is 12.1 Å². The average molecular weight is 431 g/mol. The summed E-state index contributed by atoms with van der Waals surface area (Å²) in [5.74, 6) is -1.09. The van der Waals surface area contributed by atoms with E-state index in [0.29, 0.717) is 30.9 Å². The van der Waals surface area contributed by atoms with Crippen LogP contribution in [0.3, 0.4) is 0 Å². The van der Waals surface area contributed by atoms with Crippen molar-refractivity contribution in [3.8, 4) is 6.07 Å². The highest BCUT2D eigenvalue weighted by Gasteiger charge is 2.54. The summed E-state index contributed by atoms with van der Waals surface area (Å²) in [5, 5.41) is 12.6. The van der Waals surface area contributed by atoms with E-state index in [9.17, 15) is 23.6 Å². The smallest absolute Gasteiger partial charge is 0.242 e. The van der Waals surface area contributed by atoms with Gasteiger partial charge in [0.15, 0.2) is 0 Å². The number of nitrogens with two attached hydrogens (primary N) is 1. The van der Waals surface area contributed by atoms with E-state index < -0.39 is 29.8 Å². The van der Waals surface area contributed by atoms with Gasteiger partial charge in [-0.05, 0) is 49.8 Å². The fourth-order valence-corrected chi connectivity index (χ4v) is 5.09. The van der Waals surface area contributed by atoms with Gasteiger partial charge in [0.05, 0.1) is 18.2 Å². The van der Waals surface area contributed by atoms with Crippen LogP contribution in [-0.4, -0.2) is 65.3 Å². The van der Waals surface area contributed by atoms with Crippen LogP contribution in [0.25, 0.3) is 0 Å². The number of carbonyl (C=O) groups excluding carboxylic acids is 2. The summed E-state index contributed by atoms with van der Waals surface area (Å²) >= 11 is 0. The Kier molecular flexibility index (Phi) is 6.06. The third-order valence-electron chi connectivity index (χ3n) is 6.73. The predicted octanol–water partition coefficient (Wildman–Crippen LogP) is 1.10. The van der Waals surface area contributed by atoms with E-state index in [1.54, 1.807) is 4.90 Å². The van der Waals surface area contributed by atoms with Crippen molar-refractivity contribution in [2.24, 2.45) is 11.7 Å². The van der Waals surface area contributed by atoms with Crippen LogP contribution in [0.5, 0.6) is 0 Å². The zero-order valence-corrected chi connectivity index (χ0v) is 17.4. The number of hydrogen-bond acceptors (Lipinski definition) is 6. The summed E-state index contributed by atoms with van der Waals surface area (Å²) in [5.41, 5.74) is 6.69. The zero-order valence-electron chi connectivity index (χ0n) is 17.4. The number of fused-ring (bicyclic) bond motifs is 1. The van der Waals surface area contributed by atoms with Crippen molar-refractivity contribution >= 4 is 12.2 Å². The van der Waals surface area contributed by atoms with Gasteiger partial charge in [-0.1, -0.05) is 0 Å². The Hall–Kier alpha value is -2.41. The van der Waals surface area contributed by atoms with Crippen LogP contribution in [0, 0.1) is 28.9 Å². The van der Waals surface area contributed by atoms with Crippen molar-refractivity contribution in [3.63, 3.8) is 0 Å². The normalized spacial score (nSPS) is 31.7. The zero-order chi connectivity index (χ0) is 22.3. The molecular formula is C22H27F2N5O2. The number of carbonyl (C=O) groups is 2. The molecule has 1 saturated carbocycles. The first kappa shape index (κ1) is 21.8. The molecule has 3 aliphatic rings. The number of aldehydes is 1. The van der Waals surface area contributed by atoms with Crippen LogP contribution in [0.2, 0.25) is 0 Å². The quantitative estimate of drug-likeness (QED) is 0.627. The van der Waals surface area contributed by atoms with Gasteiger partial charge in [0, 0.05) is 37.3 Å². The molecule has 6 unspecified atom stereocenters. The van der Waals surface area contributed by atoms with Crippen molar-refractivity contribution in [1.82, 2.24) is 15.1 Å². The molecule has 1 amide bonds. The molecule has 0 aromatic heterocycles. The first-order valence-corrected chi connectivity index (χ1v) is 10.7. The Morgan fingerprint density at radius 1 is 1.32 bits per heavy atom. The number of benzene rings is 1. The summed E-state index contributed by atoms with van der Waals surface area (Å²) in [6.45, 7) is 2.51. The SMILES string of the molecule is CC(NC1CC(C=O)N(CC(N)C(=O)N2C(C#N)C[C@@H]3CC32)C1)c1cc(F)cc(F)c1. The maximum atomic E-state index is 13.5. The lowest BCUT2D eigenvalue weighted by atomic mass is 10.1. The summed E-state index contributed by atoms with van der Waals surface area (Å²) < 4.78 is 27.0. The third kappa shape index (κ3) is 4.47. The van der Waals surface area contributed by atoms with Gasteiger partial charge in [-0.15, -0.1) is 0 Å². The van der Waals surface area contributed by atoms with E-state index in [-0.39, 0.29) is 30.6 Å². The molecule has 1 aromatic rings. The second-order valence-corrected chi connectivity index (χ2v) is 8.98. The van der Waals surface area contributed by atoms with Crippen LogP contribution in [0.4, 0.5) is 8.78 Å². The number of nitriles is 1. The van der Waals surface area contributed by atoms with Crippen molar-refractivity contribution < 1.29 is 18.4 Å². The molecule has 7 nitrogen and oxygen atoms in total. The number of likely N-dealkylation sites (tertiary alicyclic amines) is 2. The van der Waals surface area contributed by atoms with Crippen LogP contribution in [-0.2, 0) is 9.59 Å². The number of nitrogens with zero attached hydrogens (tertiary/aromatic N) is 3. The molecule has 3 N–H and O–H groups in total. The Morgan fingerprint density at radius 2 is 2.03 bits per heavy atom. The summed E-state index contributed by atoms with van der Waals surface area (Å²) in [6, 6.07) is 3.69. The van der Waals surface area contributed by atoms with E-state index in [1.807, 2.05) is 11.8 Å². The Bertz CT molecular complexity index is 886. The van der Waals surface area contributed by atoms with Crippen molar-refractivity contribution in [1.29, 1.82) is 5.26 Å². The summed E-state index contributed by atoms with van der Waals surface area (Å²) in [4.78, 5) is 28.0. The van der Waals surface area contributed by atoms with Crippen molar-refractivity contribution in [2.45, 2.75) is 62.4 Å². The molecule has 0 bridgehead atoms. The Balaban J connectivity index is 1.36. The molecule has 2 aliphatic heterocycles. The molecular weight excluding hydrogens is 404 g/mol. The van der Waals surface area contributed by atoms with E-state index in [4.69, 9.17) is 5.73 Å². The summed E-state index contributed by atoms with van der Waals surface area (Å²) in [6.07, 6.45) is 3.00. The van der Waals surface area contributed by atoms with Gasteiger partial charge in [-0.25, -0.2) is 8.78 Å². The molecule has 0 radical (unpaired) electrons.